The van der Waals surface area contributed by atoms with Crippen LogP contribution >= 0.6 is 0 Å². The van der Waals surface area contributed by atoms with E-state index >= 15 is 0 Å². The van der Waals surface area contributed by atoms with Gasteiger partial charge in [-0.05, 0) is 19.4 Å². The summed E-state index contributed by atoms with van der Waals surface area (Å²) in [4.78, 5) is 17.3. The van der Waals surface area contributed by atoms with Crippen LogP contribution in [0.25, 0.3) is 0 Å². The standard InChI is InChI=1S/C10H16N4O2/c11-3-1-2-8-7-14(10(15)16-8)9-6-12-4-5-13-9/h5-6,8,12H,1-4,7,11H2. The number of rotatable bonds is 4. The summed E-state index contributed by atoms with van der Waals surface area (Å²) < 4.78 is 5.22. The molecule has 2 aliphatic rings. The molecule has 0 aromatic heterocycles. The second-order valence-electron chi connectivity index (χ2n) is 3.77. The van der Waals surface area contributed by atoms with E-state index in [-0.39, 0.29) is 12.2 Å². The van der Waals surface area contributed by atoms with Gasteiger partial charge in [0.1, 0.15) is 6.10 Å². The molecule has 88 valence electrons. The first-order valence-corrected chi connectivity index (χ1v) is 5.45. The third-order valence-electron chi connectivity index (χ3n) is 2.54. The van der Waals surface area contributed by atoms with Crippen LogP contribution in [0.2, 0.25) is 0 Å². The first-order valence-electron chi connectivity index (χ1n) is 5.45. The topological polar surface area (TPSA) is 80.0 Å². The van der Waals surface area contributed by atoms with Gasteiger partial charge in [-0.15, -0.1) is 0 Å². The SMILES string of the molecule is NCCCC1CN(C2=CNCC=N2)C(=O)O1. The van der Waals surface area contributed by atoms with Gasteiger partial charge in [-0.3, -0.25) is 4.90 Å². The van der Waals surface area contributed by atoms with E-state index in [2.05, 4.69) is 10.3 Å². The summed E-state index contributed by atoms with van der Waals surface area (Å²) in [6.07, 6.45) is 4.75. The fraction of sp³-hybridized carbons (Fsp3) is 0.600. The molecule has 1 atom stereocenters. The minimum atomic E-state index is -0.325. The lowest BCUT2D eigenvalue weighted by molar-refractivity contribution is 0.130. The minimum absolute atomic E-state index is 0.0610. The monoisotopic (exact) mass is 224 g/mol. The molecule has 0 saturated carbocycles. The zero-order valence-corrected chi connectivity index (χ0v) is 9.06. The third-order valence-corrected chi connectivity index (χ3v) is 2.54. The zero-order valence-electron chi connectivity index (χ0n) is 9.06. The van der Waals surface area contributed by atoms with Crippen molar-refractivity contribution in [1.82, 2.24) is 10.2 Å². The molecule has 0 aliphatic carbocycles. The molecule has 0 spiro atoms. The maximum Gasteiger partial charge on any atom is 0.415 e. The Morgan fingerprint density at radius 2 is 2.56 bits per heavy atom. The Morgan fingerprint density at radius 3 is 3.25 bits per heavy atom. The van der Waals surface area contributed by atoms with Crippen LogP contribution in [0.15, 0.2) is 17.0 Å². The third kappa shape index (κ3) is 2.33. The number of hydrogen-bond acceptors (Lipinski definition) is 5. The lowest BCUT2D eigenvalue weighted by Crippen LogP contribution is -2.28. The second kappa shape index (κ2) is 4.98. The molecule has 3 N–H and O–H groups in total. The molecular weight excluding hydrogens is 208 g/mol. The fourth-order valence-electron chi connectivity index (χ4n) is 1.73. The highest BCUT2D eigenvalue weighted by Crippen LogP contribution is 2.20. The quantitative estimate of drug-likeness (QED) is 0.705. The molecule has 0 bridgehead atoms. The summed E-state index contributed by atoms with van der Waals surface area (Å²) in [7, 11) is 0. The highest BCUT2D eigenvalue weighted by Gasteiger charge is 2.33. The number of hydrogen-bond donors (Lipinski definition) is 2. The number of nitrogens with two attached hydrogens (primary N) is 1. The summed E-state index contributed by atoms with van der Waals surface area (Å²) in [5, 5.41) is 3.01. The van der Waals surface area contributed by atoms with Crippen molar-refractivity contribution >= 4 is 12.3 Å². The van der Waals surface area contributed by atoms with Gasteiger partial charge < -0.3 is 15.8 Å². The molecule has 1 unspecified atom stereocenters. The van der Waals surface area contributed by atoms with Gasteiger partial charge in [-0.1, -0.05) is 0 Å². The summed E-state index contributed by atoms with van der Waals surface area (Å²) in [6.45, 7) is 1.88. The number of amides is 1. The molecule has 2 aliphatic heterocycles. The van der Waals surface area contributed by atoms with Crippen molar-refractivity contribution in [2.24, 2.45) is 10.7 Å². The Kier molecular flexibility index (Phi) is 3.40. The van der Waals surface area contributed by atoms with Crippen LogP contribution in [0.1, 0.15) is 12.8 Å². The molecule has 1 saturated heterocycles. The van der Waals surface area contributed by atoms with Crippen LogP contribution in [0, 0.1) is 0 Å². The molecule has 1 amide bonds. The Balaban J connectivity index is 1.94. The van der Waals surface area contributed by atoms with Crippen LogP contribution in [0.5, 0.6) is 0 Å². The predicted octanol–water partition coefficient (Wildman–Crippen LogP) is 0.0190. The molecule has 2 rings (SSSR count). The van der Waals surface area contributed by atoms with Crippen molar-refractivity contribution in [1.29, 1.82) is 0 Å². The first kappa shape index (κ1) is 10.9. The summed E-state index contributed by atoms with van der Waals surface area (Å²) in [6, 6.07) is 0. The molecule has 0 radical (unpaired) electrons. The number of ether oxygens (including phenoxy) is 1. The van der Waals surface area contributed by atoms with E-state index in [1.54, 1.807) is 17.3 Å². The van der Waals surface area contributed by atoms with Crippen molar-refractivity contribution in [3.05, 3.63) is 12.0 Å². The molecule has 6 heteroatoms. The van der Waals surface area contributed by atoms with Gasteiger partial charge in [0.25, 0.3) is 0 Å². The lowest BCUT2D eigenvalue weighted by atomic mass is 10.2. The summed E-state index contributed by atoms with van der Waals surface area (Å²) >= 11 is 0. The maximum atomic E-state index is 11.6. The highest BCUT2D eigenvalue weighted by molar-refractivity contribution is 5.73. The highest BCUT2D eigenvalue weighted by atomic mass is 16.6. The first-order chi connectivity index (χ1) is 7.81. The van der Waals surface area contributed by atoms with Crippen LogP contribution in [-0.4, -0.2) is 42.9 Å². The van der Waals surface area contributed by atoms with Crippen molar-refractivity contribution < 1.29 is 9.53 Å². The fourth-order valence-corrected chi connectivity index (χ4v) is 1.73. The maximum absolute atomic E-state index is 11.6. The largest absolute Gasteiger partial charge is 0.444 e. The van der Waals surface area contributed by atoms with Gasteiger partial charge in [-0.25, -0.2) is 9.79 Å². The summed E-state index contributed by atoms with van der Waals surface area (Å²) in [5.74, 6) is 0.617. The van der Waals surface area contributed by atoms with Crippen molar-refractivity contribution in [3.8, 4) is 0 Å². The molecule has 2 heterocycles. The summed E-state index contributed by atoms with van der Waals surface area (Å²) in [5.41, 5.74) is 5.42. The van der Waals surface area contributed by atoms with Crippen LogP contribution in [-0.2, 0) is 4.74 Å². The Bertz CT molecular complexity index is 327. The van der Waals surface area contributed by atoms with Crippen LogP contribution in [0.3, 0.4) is 0 Å². The number of nitrogens with zero attached hydrogens (tertiary/aromatic N) is 2. The van der Waals surface area contributed by atoms with E-state index in [1.165, 1.54) is 0 Å². The molecule has 1 fully saturated rings. The van der Waals surface area contributed by atoms with Gasteiger partial charge in [-0.2, -0.15) is 0 Å². The van der Waals surface area contributed by atoms with Crippen molar-refractivity contribution in [2.75, 3.05) is 19.6 Å². The predicted molar refractivity (Wildman–Crippen MR) is 59.8 cm³/mol. The Labute approximate surface area is 94.1 Å². The van der Waals surface area contributed by atoms with E-state index in [9.17, 15) is 4.79 Å². The number of carbonyl (C=O) groups excluding carboxylic acids is 1. The molecule has 6 nitrogen and oxygen atoms in total. The number of carbonyl (C=O) groups is 1. The van der Waals surface area contributed by atoms with Gasteiger partial charge in [0.05, 0.1) is 6.54 Å². The van der Waals surface area contributed by atoms with Gasteiger partial charge in [0.2, 0.25) is 0 Å². The van der Waals surface area contributed by atoms with Crippen molar-refractivity contribution in [3.63, 3.8) is 0 Å². The van der Waals surface area contributed by atoms with E-state index in [0.29, 0.717) is 25.5 Å². The van der Waals surface area contributed by atoms with Crippen LogP contribution in [0.4, 0.5) is 4.79 Å². The lowest BCUT2D eigenvalue weighted by Gasteiger charge is -2.15. The average molecular weight is 224 g/mol. The average Bonchev–Trinajstić information content (AvgIpc) is 2.69. The minimum Gasteiger partial charge on any atom is -0.444 e. The molecular formula is C10H16N4O2. The Hall–Kier alpha value is -1.56. The zero-order chi connectivity index (χ0) is 11.4. The van der Waals surface area contributed by atoms with Crippen LogP contribution < -0.4 is 11.1 Å². The molecule has 0 aromatic rings. The number of cyclic esters (lactones) is 1. The van der Waals surface area contributed by atoms with Gasteiger partial charge in [0.15, 0.2) is 5.82 Å². The smallest absolute Gasteiger partial charge is 0.415 e. The van der Waals surface area contributed by atoms with Gasteiger partial charge in [0, 0.05) is 19.0 Å². The normalized spacial score (nSPS) is 24.1. The number of aliphatic imine (C=N–C) groups is 1. The van der Waals surface area contributed by atoms with Crippen molar-refractivity contribution in [2.45, 2.75) is 18.9 Å². The Morgan fingerprint density at radius 1 is 1.69 bits per heavy atom. The van der Waals surface area contributed by atoms with E-state index < -0.39 is 0 Å². The molecule has 0 aromatic carbocycles. The van der Waals surface area contributed by atoms with E-state index in [4.69, 9.17) is 10.5 Å². The van der Waals surface area contributed by atoms with E-state index in [1.807, 2.05) is 0 Å². The second-order valence-corrected chi connectivity index (χ2v) is 3.77. The van der Waals surface area contributed by atoms with E-state index in [0.717, 1.165) is 12.8 Å². The van der Waals surface area contributed by atoms with Gasteiger partial charge >= 0.3 is 6.09 Å². The number of nitrogens with one attached hydrogen (secondary N) is 1. The molecule has 16 heavy (non-hydrogen) atoms.